The number of methoxy groups -OCH3 is 1. The van der Waals surface area contributed by atoms with Crippen LogP contribution in [0.15, 0.2) is 18.3 Å². The Morgan fingerprint density at radius 3 is 2.61 bits per heavy atom. The summed E-state index contributed by atoms with van der Waals surface area (Å²) in [7, 11) is 1.73. The third-order valence-corrected chi connectivity index (χ3v) is 3.69. The molecule has 0 N–H and O–H groups in total. The maximum absolute atomic E-state index is 5.45. The van der Waals surface area contributed by atoms with Crippen molar-refractivity contribution in [3.05, 3.63) is 35.2 Å². The molecule has 1 aromatic heterocycles. The van der Waals surface area contributed by atoms with Crippen LogP contribution in [0.4, 0.5) is 0 Å². The van der Waals surface area contributed by atoms with E-state index in [-0.39, 0.29) is 0 Å². The molecule has 0 radical (unpaired) electrons. The molecule has 0 amide bonds. The molecule has 1 aromatic rings. The van der Waals surface area contributed by atoms with E-state index < -0.39 is 0 Å². The van der Waals surface area contributed by atoms with Crippen molar-refractivity contribution in [3.8, 4) is 5.75 Å². The molecular weight excluding hydrogens is 224 g/mol. The highest BCUT2D eigenvalue weighted by Gasteiger charge is 2.16. The number of aryl methyl sites for hydroxylation is 1. The summed E-state index contributed by atoms with van der Waals surface area (Å²) in [6.07, 6.45) is 4.13. The summed E-state index contributed by atoms with van der Waals surface area (Å²) in [6.45, 7) is 11.3. The van der Waals surface area contributed by atoms with Gasteiger partial charge in [0.25, 0.3) is 0 Å². The Labute approximate surface area is 109 Å². The second-order valence-corrected chi connectivity index (χ2v) is 5.07. The van der Waals surface area contributed by atoms with Crippen LogP contribution >= 0.6 is 0 Å². The minimum absolute atomic E-state index is 0.912. The fourth-order valence-corrected chi connectivity index (χ4v) is 2.47. The lowest BCUT2D eigenvalue weighted by atomic mass is 10.0. The first-order valence-corrected chi connectivity index (χ1v) is 6.50. The van der Waals surface area contributed by atoms with E-state index in [9.17, 15) is 0 Å². The van der Waals surface area contributed by atoms with E-state index in [0.29, 0.717) is 0 Å². The highest BCUT2D eigenvalue weighted by atomic mass is 16.5. The number of pyridine rings is 1. The van der Waals surface area contributed by atoms with E-state index in [2.05, 4.69) is 23.4 Å². The molecule has 0 aromatic carbocycles. The molecule has 1 saturated heterocycles. The summed E-state index contributed by atoms with van der Waals surface area (Å²) in [5, 5.41) is 0. The zero-order valence-corrected chi connectivity index (χ0v) is 11.6. The molecule has 0 aliphatic carbocycles. The topological polar surface area (TPSA) is 25.4 Å². The van der Waals surface area contributed by atoms with Crippen LogP contribution in [0.3, 0.4) is 0 Å². The number of likely N-dealkylation sites (tertiary alicyclic amines) is 1. The summed E-state index contributed by atoms with van der Waals surface area (Å²) in [6, 6.07) is 0. The average Bonchev–Trinajstić information content (AvgIpc) is 2.36. The maximum Gasteiger partial charge on any atom is 0.128 e. The van der Waals surface area contributed by atoms with Crippen molar-refractivity contribution in [2.75, 3.05) is 20.2 Å². The SMILES string of the molecule is C=C1CCN(Cc2ncc(C)c(OC)c2C)CC1. The maximum atomic E-state index is 5.45. The third-order valence-electron chi connectivity index (χ3n) is 3.69. The molecule has 3 heteroatoms. The van der Waals surface area contributed by atoms with E-state index in [1.807, 2.05) is 13.1 Å². The molecule has 3 nitrogen and oxygen atoms in total. The van der Waals surface area contributed by atoms with E-state index in [0.717, 1.165) is 49.5 Å². The summed E-state index contributed by atoms with van der Waals surface area (Å²) in [5.74, 6) is 0.974. The Balaban J connectivity index is 2.12. The second-order valence-electron chi connectivity index (χ2n) is 5.07. The third kappa shape index (κ3) is 2.72. The molecule has 2 heterocycles. The number of rotatable bonds is 3. The van der Waals surface area contributed by atoms with Crippen molar-refractivity contribution in [2.45, 2.75) is 33.2 Å². The van der Waals surface area contributed by atoms with Crippen LogP contribution in [0.5, 0.6) is 5.75 Å². The Morgan fingerprint density at radius 1 is 1.33 bits per heavy atom. The normalized spacial score (nSPS) is 16.9. The molecule has 98 valence electrons. The molecule has 1 aliphatic rings. The summed E-state index contributed by atoms with van der Waals surface area (Å²) >= 11 is 0. The van der Waals surface area contributed by atoms with Crippen molar-refractivity contribution in [1.29, 1.82) is 0 Å². The Kier molecular flexibility index (Phi) is 4.02. The molecule has 18 heavy (non-hydrogen) atoms. The van der Waals surface area contributed by atoms with Gasteiger partial charge in [0.15, 0.2) is 0 Å². The lowest BCUT2D eigenvalue weighted by Crippen LogP contribution is -2.30. The number of piperidine rings is 1. The van der Waals surface area contributed by atoms with Gasteiger partial charge in [-0.2, -0.15) is 0 Å². The molecule has 0 atom stereocenters. The fourth-order valence-electron chi connectivity index (χ4n) is 2.47. The largest absolute Gasteiger partial charge is 0.496 e. The molecule has 0 bridgehead atoms. The van der Waals surface area contributed by atoms with Crippen LogP contribution in [0.2, 0.25) is 0 Å². The molecule has 0 spiro atoms. The van der Waals surface area contributed by atoms with Crippen molar-refractivity contribution in [1.82, 2.24) is 9.88 Å². The van der Waals surface area contributed by atoms with Crippen LogP contribution in [0.1, 0.15) is 29.7 Å². The van der Waals surface area contributed by atoms with Gasteiger partial charge in [-0.25, -0.2) is 0 Å². The molecular formula is C15H22N2O. The standard InChI is InChI=1S/C15H22N2O/c1-11-5-7-17(8-6-11)10-14-13(3)15(18-4)12(2)9-16-14/h9H,1,5-8,10H2,2-4H3. The number of hydrogen-bond acceptors (Lipinski definition) is 3. The van der Waals surface area contributed by atoms with Crippen molar-refractivity contribution in [3.63, 3.8) is 0 Å². The van der Waals surface area contributed by atoms with Gasteiger partial charge in [-0.15, -0.1) is 0 Å². The lowest BCUT2D eigenvalue weighted by Gasteiger charge is -2.28. The fraction of sp³-hybridized carbons (Fsp3) is 0.533. The first-order valence-electron chi connectivity index (χ1n) is 6.50. The van der Waals surface area contributed by atoms with Crippen molar-refractivity contribution < 1.29 is 4.74 Å². The Morgan fingerprint density at radius 2 is 2.00 bits per heavy atom. The monoisotopic (exact) mass is 246 g/mol. The van der Waals surface area contributed by atoms with Crippen LogP contribution in [-0.2, 0) is 6.54 Å². The van der Waals surface area contributed by atoms with Crippen LogP contribution in [0.25, 0.3) is 0 Å². The number of hydrogen-bond donors (Lipinski definition) is 0. The summed E-state index contributed by atoms with van der Waals surface area (Å²) in [5.41, 5.74) is 4.77. The van der Waals surface area contributed by atoms with E-state index in [4.69, 9.17) is 4.74 Å². The van der Waals surface area contributed by atoms with Gasteiger partial charge in [-0.1, -0.05) is 12.2 Å². The smallest absolute Gasteiger partial charge is 0.128 e. The predicted octanol–water partition coefficient (Wildman–Crippen LogP) is 2.86. The first-order chi connectivity index (χ1) is 8.61. The predicted molar refractivity (Wildman–Crippen MR) is 73.9 cm³/mol. The molecule has 2 rings (SSSR count). The highest BCUT2D eigenvalue weighted by Crippen LogP contribution is 2.25. The van der Waals surface area contributed by atoms with Gasteiger partial charge in [0.2, 0.25) is 0 Å². The van der Waals surface area contributed by atoms with Gasteiger partial charge in [0.05, 0.1) is 12.8 Å². The summed E-state index contributed by atoms with van der Waals surface area (Å²) in [4.78, 5) is 7.00. The minimum atomic E-state index is 0.912. The number of ether oxygens (including phenoxy) is 1. The molecule has 1 aliphatic heterocycles. The van der Waals surface area contributed by atoms with Gasteiger partial charge >= 0.3 is 0 Å². The quantitative estimate of drug-likeness (QED) is 0.767. The zero-order chi connectivity index (χ0) is 13.1. The van der Waals surface area contributed by atoms with Crippen molar-refractivity contribution in [2.24, 2.45) is 0 Å². The highest BCUT2D eigenvalue weighted by molar-refractivity contribution is 5.41. The van der Waals surface area contributed by atoms with E-state index in [1.165, 1.54) is 11.1 Å². The van der Waals surface area contributed by atoms with E-state index in [1.54, 1.807) is 7.11 Å². The number of aromatic nitrogens is 1. The number of nitrogens with zero attached hydrogens (tertiary/aromatic N) is 2. The first kappa shape index (κ1) is 13.1. The van der Waals surface area contributed by atoms with Crippen LogP contribution in [-0.4, -0.2) is 30.1 Å². The molecule has 0 saturated carbocycles. The van der Waals surface area contributed by atoms with Gasteiger partial charge < -0.3 is 4.74 Å². The van der Waals surface area contributed by atoms with Crippen molar-refractivity contribution >= 4 is 0 Å². The van der Waals surface area contributed by atoms with Gasteiger partial charge in [-0.3, -0.25) is 9.88 Å². The zero-order valence-electron chi connectivity index (χ0n) is 11.6. The van der Waals surface area contributed by atoms with E-state index >= 15 is 0 Å². The molecule has 1 fully saturated rings. The van der Waals surface area contributed by atoms with Gasteiger partial charge in [0, 0.05) is 37.0 Å². The average molecular weight is 246 g/mol. The Hall–Kier alpha value is -1.35. The van der Waals surface area contributed by atoms with Gasteiger partial charge in [-0.05, 0) is 26.7 Å². The summed E-state index contributed by atoms with van der Waals surface area (Å²) < 4.78 is 5.45. The lowest BCUT2D eigenvalue weighted by molar-refractivity contribution is 0.244. The van der Waals surface area contributed by atoms with Crippen LogP contribution < -0.4 is 4.74 Å². The Bertz CT molecular complexity index is 444. The second kappa shape index (κ2) is 5.53. The van der Waals surface area contributed by atoms with Gasteiger partial charge in [0.1, 0.15) is 5.75 Å². The van der Waals surface area contributed by atoms with Crippen LogP contribution in [0, 0.1) is 13.8 Å². The minimum Gasteiger partial charge on any atom is -0.496 e. The molecule has 0 unspecified atom stereocenters.